The molecule has 1 rings (SSSR count). The van der Waals surface area contributed by atoms with Crippen LogP contribution in [0.25, 0.3) is 0 Å². The van der Waals surface area contributed by atoms with E-state index in [1.54, 1.807) is 6.08 Å². The molecule has 432 valence electrons. The van der Waals surface area contributed by atoms with E-state index in [-0.39, 0.29) is 19.4 Å². The number of nitrogens with one attached hydrogen (secondary N) is 1. The van der Waals surface area contributed by atoms with Crippen molar-refractivity contribution < 1.29 is 49.3 Å². The van der Waals surface area contributed by atoms with Gasteiger partial charge in [-0.05, 0) is 83.5 Å². The highest BCUT2D eigenvalue weighted by atomic mass is 16.7. The molecule has 0 spiro atoms. The summed E-state index contributed by atoms with van der Waals surface area (Å²) in [6, 6.07) is -1.06. The fourth-order valence-corrected chi connectivity index (χ4v) is 8.51. The predicted octanol–water partition coefficient (Wildman–Crippen LogP) is 13.9. The largest absolute Gasteiger partial charge is 0.454 e. The number of hydrogen-bond acceptors (Lipinski definition) is 10. The molecule has 0 aliphatic carbocycles. The van der Waals surface area contributed by atoms with Gasteiger partial charge in [0, 0.05) is 6.42 Å². The van der Waals surface area contributed by atoms with Crippen LogP contribution in [-0.2, 0) is 23.8 Å². The maximum absolute atomic E-state index is 13.4. The van der Waals surface area contributed by atoms with Crippen molar-refractivity contribution in [3.8, 4) is 0 Å². The number of rotatable bonds is 48. The van der Waals surface area contributed by atoms with Crippen molar-refractivity contribution in [2.45, 2.75) is 262 Å². The number of hydrogen-bond donors (Lipinski definition) is 6. The summed E-state index contributed by atoms with van der Waals surface area (Å²) in [5.74, 6) is -1.26. The van der Waals surface area contributed by atoms with Crippen LogP contribution in [0.2, 0.25) is 0 Å². The minimum Gasteiger partial charge on any atom is -0.454 e. The molecule has 0 bridgehead atoms. The van der Waals surface area contributed by atoms with E-state index in [4.69, 9.17) is 14.2 Å². The quantitative estimate of drug-likeness (QED) is 0.0149. The van der Waals surface area contributed by atoms with Crippen LogP contribution in [0.1, 0.15) is 213 Å². The maximum Gasteiger partial charge on any atom is 0.306 e. The first-order valence-electron chi connectivity index (χ1n) is 29.9. The topological polar surface area (TPSA) is 175 Å². The number of carbonyl (C=O) groups is 2. The van der Waals surface area contributed by atoms with Gasteiger partial charge in [-0.2, -0.15) is 0 Å². The van der Waals surface area contributed by atoms with E-state index in [0.29, 0.717) is 12.8 Å². The standard InChI is InChI=1S/C65H107NO10/c1-4-7-10-13-16-19-22-25-27-29-30-31-33-35-38-41-44-47-50-53-60(70)76-63-62(72)61(71)59(54-67)75-65(63)74-55-56(57(68)51-48-45-42-39-36-24-21-18-15-12-9-6-3)66-64(73)58(69)52-49-46-43-40-37-34-32-28-26-23-20-17-14-11-8-5-2/h8,11,14,16-17,19-20,23,25-28,30-32,34,37,40,48,51,56-59,61-63,65,67-69,71-72H,4-7,9-10,12-13,15,18,21-22,24,29,33,35-36,38-39,41-47,49-50,52-55H2,1-3H3,(H,66,73)/b11-8-,17-14+,19-16-,23-20+,27-25-,28-26-,31-30-,34-32+,40-37+,51-48+. The summed E-state index contributed by atoms with van der Waals surface area (Å²) in [6.45, 7) is 5.56. The molecule has 1 heterocycles. The number of aliphatic hydroxyl groups is 5. The molecule has 0 radical (unpaired) electrons. The van der Waals surface area contributed by atoms with Crippen LogP contribution >= 0.6 is 0 Å². The Morgan fingerprint density at radius 3 is 1.57 bits per heavy atom. The van der Waals surface area contributed by atoms with Crippen LogP contribution in [0.5, 0.6) is 0 Å². The van der Waals surface area contributed by atoms with Crippen LogP contribution in [0.4, 0.5) is 0 Å². The summed E-state index contributed by atoms with van der Waals surface area (Å²) < 4.78 is 17.6. The van der Waals surface area contributed by atoms with Crippen molar-refractivity contribution in [2.24, 2.45) is 0 Å². The summed E-state index contributed by atoms with van der Waals surface area (Å²) >= 11 is 0. The lowest BCUT2D eigenvalue weighted by molar-refractivity contribution is -0.305. The van der Waals surface area contributed by atoms with Gasteiger partial charge in [0.05, 0.1) is 25.4 Å². The summed E-state index contributed by atoms with van der Waals surface area (Å²) in [5, 5.41) is 56.9. The SMILES string of the molecule is CC\C=C/C=C/C=C/C=C\C=C\C=C\CCCCC(O)C(=O)NC(COC1OC(CO)C(O)C(O)C1OC(=O)CCCCCCCC/C=C\C/C=C\C/C=C\CCCCC)C(O)/C=C/CCCCCCCCCCCC. The third-order valence-electron chi connectivity index (χ3n) is 13.3. The first-order chi connectivity index (χ1) is 37.2. The summed E-state index contributed by atoms with van der Waals surface area (Å²) in [6.07, 6.45) is 60.9. The molecule has 6 N–H and O–H groups in total. The molecular formula is C65H107NO10. The van der Waals surface area contributed by atoms with Crippen molar-refractivity contribution in [3.63, 3.8) is 0 Å². The molecule has 1 amide bonds. The first kappa shape index (κ1) is 70.1. The molecular weight excluding hydrogens is 955 g/mol. The molecule has 1 aliphatic rings. The fourth-order valence-electron chi connectivity index (χ4n) is 8.51. The van der Waals surface area contributed by atoms with E-state index in [9.17, 15) is 35.1 Å². The molecule has 1 saturated heterocycles. The van der Waals surface area contributed by atoms with E-state index >= 15 is 0 Å². The maximum atomic E-state index is 13.4. The zero-order chi connectivity index (χ0) is 55.4. The Balaban J connectivity index is 2.76. The monoisotopic (exact) mass is 1060 g/mol. The number of esters is 1. The van der Waals surface area contributed by atoms with E-state index < -0.39 is 67.4 Å². The zero-order valence-electron chi connectivity index (χ0n) is 47.6. The lowest BCUT2D eigenvalue weighted by Gasteiger charge is -2.41. The zero-order valence-corrected chi connectivity index (χ0v) is 47.6. The Morgan fingerprint density at radius 2 is 1.00 bits per heavy atom. The van der Waals surface area contributed by atoms with Gasteiger partial charge in [0.25, 0.3) is 0 Å². The Bertz CT molecular complexity index is 1690. The molecule has 8 atom stereocenters. The first-order valence-corrected chi connectivity index (χ1v) is 29.9. The number of unbranched alkanes of at least 4 members (excludes halogenated alkanes) is 21. The third-order valence-corrected chi connectivity index (χ3v) is 13.3. The smallest absolute Gasteiger partial charge is 0.306 e. The lowest BCUT2D eigenvalue weighted by atomic mass is 9.99. The van der Waals surface area contributed by atoms with Gasteiger partial charge >= 0.3 is 5.97 Å². The Kier molecular flexibility index (Phi) is 47.8. The fraction of sp³-hybridized carbons (Fsp3) is 0.662. The second-order valence-corrected chi connectivity index (χ2v) is 20.1. The second-order valence-electron chi connectivity index (χ2n) is 20.1. The minimum atomic E-state index is -1.64. The van der Waals surface area contributed by atoms with Crippen molar-refractivity contribution in [1.82, 2.24) is 5.32 Å². The van der Waals surface area contributed by atoms with Crippen LogP contribution in [-0.4, -0.2) is 99.6 Å². The average molecular weight is 1060 g/mol. The third kappa shape index (κ3) is 39.4. The van der Waals surface area contributed by atoms with E-state index in [1.807, 2.05) is 72.9 Å². The van der Waals surface area contributed by atoms with E-state index in [2.05, 4.69) is 68.6 Å². The normalized spacial score (nSPS) is 20.0. The number of allylic oxidation sites excluding steroid dienone is 19. The molecule has 8 unspecified atom stereocenters. The van der Waals surface area contributed by atoms with Crippen LogP contribution in [0, 0.1) is 0 Å². The minimum absolute atomic E-state index is 0.0959. The second kappa shape index (κ2) is 51.8. The Hall–Kier alpha value is -3.94. The van der Waals surface area contributed by atoms with Gasteiger partial charge in [0.2, 0.25) is 5.91 Å². The van der Waals surface area contributed by atoms with Crippen molar-refractivity contribution >= 4 is 11.9 Å². The summed E-state index contributed by atoms with van der Waals surface area (Å²) in [7, 11) is 0. The number of aliphatic hydroxyl groups excluding tert-OH is 5. The van der Waals surface area contributed by atoms with Gasteiger partial charge < -0.3 is 45.1 Å². The lowest BCUT2D eigenvalue weighted by Crippen LogP contribution is -2.61. The molecule has 0 aromatic rings. The Morgan fingerprint density at radius 1 is 0.539 bits per heavy atom. The van der Waals surface area contributed by atoms with Gasteiger partial charge in [-0.25, -0.2) is 0 Å². The van der Waals surface area contributed by atoms with Gasteiger partial charge in [0.1, 0.15) is 24.4 Å². The molecule has 76 heavy (non-hydrogen) atoms. The van der Waals surface area contributed by atoms with Gasteiger partial charge in [-0.3, -0.25) is 9.59 Å². The van der Waals surface area contributed by atoms with Gasteiger partial charge in [0.15, 0.2) is 12.4 Å². The summed E-state index contributed by atoms with van der Waals surface area (Å²) in [5.41, 5.74) is 0. The average Bonchev–Trinajstić information content (AvgIpc) is 3.42. The highest BCUT2D eigenvalue weighted by molar-refractivity contribution is 5.80. The molecule has 0 aromatic heterocycles. The highest BCUT2D eigenvalue weighted by Gasteiger charge is 2.47. The van der Waals surface area contributed by atoms with Crippen molar-refractivity contribution in [3.05, 3.63) is 122 Å². The highest BCUT2D eigenvalue weighted by Crippen LogP contribution is 2.26. The summed E-state index contributed by atoms with van der Waals surface area (Å²) in [4.78, 5) is 26.5. The molecule has 0 saturated carbocycles. The number of amides is 1. The Labute approximate surface area is 461 Å². The van der Waals surface area contributed by atoms with Crippen LogP contribution < -0.4 is 5.32 Å². The van der Waals surface area contributed by atoms with Crippen LogP contribution in [0.3, 0.4) is 0 Å². The van der Waals surface area contributed by atoms with E-state index in [0.717, 1.165) is 96.3 Å². The van der Waals surface area contributed by atoms with Crippen molar-refractivity contribution in [1.29, 1.82) is 0 Å². The van der Waals surface area contributed by atoms with Crippen LogP contribution in [0.15, 0.2) is 122 Å². The molecule has 1 aliphatic heterocycles. The van der Waals surface area contributed by atoms with Gasteiger partial charge in [-0.1, -0.05) is 245 Å². The van der Waals surface area contributed by atoms with Gasteiger partial charge in [-0.15, -0.1) is 0 Å². The molecule has 1 fully saturated rings. The number of carbonyl (C=O) groups excluding carboxylic acids is 2. The number of ether oxygens (including phenoxy) is 3. The van der Waals surface area contributed by atoms with E-state index in [1.165, 1.54) is 70.6 Å². The molecule has 0 aromatic carbocycles. The molecule has 11 nitrogen and oxygen atoms in total. The predicted molar refractivity (Wildman–Crippen MR) is 314 cm³/mol. The molecule has 11 heteroatoms. The van der Waals surface area contributed by atoms with Crippen molar-refractivity contribution in [2.75, 3.05) is 13.2 Å².